The molecule has 2 N–H and O–H groups in total. The van der Waals surface area contributed by atoms with Gasteiger partial charge in [-0.2, -0.15) is 0 Å². The third kappa shape index (κ3) is 3.51. The average molecular weight is 360 g/mol. The minimum absolute atomic E-state index is 0.144. The van der Waals surface area contributed by atoms with Crippen molar-refractivity contribution >= 4 is 17.2 Å². The third-order valence-corrected chi connectivity index (χ3v) is 5.83. The molecule has 1 fully saturated rings. The van der Waals surface area contributed by atoms with E-state index in [0.717, 1.165) is 31.0 Å². The summed E-state index contributed by atoms with van der Waals surface area (Å²) in [6.07, 6.45) is 3.70. The van der Waals surface area contributed by atoms with Crippen molar-refractivity contribution in [2.45, 2.75) is 51.0 Å². The van der Waals surface area contributed by atoms with Crippen molar-refractivity contribution in [3.8, 4) is 0 Å². The first kappa shape index (κ1) is 17.2. The Kier molecular flexibility index (Phi) is 4.67. The van der Waals surface area contributed by atoms with Gasteiger partial charge in [-0.25, -0.2) is 0 Å². The first-order chi connectivity index (χ1) is 12.0. The molecule has 3 aliphatic rings. The molecule has 0 aliphatic carbocycles. The number of quaternary nitrogens is 1. The van der Waals surface area contributed by atoms with Crippen LogP contribution < -0.4 is 10.2 Å². The van der Waals surface area contributed by atoms with Gasteiger partial charge < -0.3 is 14.8 Å². The second-order valence-electron chi connectivity index (χ2n) is 7.86. The van der Waals surface area contributed by atoms with Crippen LogP contribution in [0, 0.1) is 0 Å². The highest BCUT2D eigenvalue weighted by atomic mass is 32.1. The summed E-state index contributed by atoms with van der Waals surface area (Å²) in [5.41, 5.74) is 3.71. The smallest absolute Gasteiger partial charge is 0.192 e. The Bertz CT molecular complexity index is 680. The average Bonchev–Trinajstić information content (AvgIpc) is 3.10. The van der Waals surface area contributed by atoms with Crippen LogP contribution in [0.2, 0.25) is 0 Å². The largest absolute Gasteiger partial charge is 0.372 e. The summed E-state index contributed by atoms with van der Waals surface area (Å²) in [6.45, 7) is 6.81. The predicted molar refractivity (Wildman–Crippen MR) is 101 cm³/mol. The van der Waals surface area contributed by atoms with Gasteiger partial charge in [0.15, 0.2) is 6.17 Å². The lowest BCUT2D eigenvalue weighted by atomic mass is 9.92. The SMILES string of the molecule is CC1(C)CC2=C(CO1)C(=S)N[C@H](c1ccccc1)[NH+]2C[C@@H]1CCCO1. The summed E-state index contributed by atoms with van der Waals surface area (Å²) in [6, 6.07) is 10.6. The molecule has 0 aromatic heterocycles. The highest BCUT2D eigenvalue weighted by molar-refractivity contribution is 7.80. The summed E-state index contributed by atoms with van der Waals surface area (Å²) in [5, 5.41) is 3.58. The van der Waals surface area contributed by atoms with Gasteiger partial charge in [0, 0.05) is 12.2 Å². The van der Waals surface area contributed by atoms with E-state index in [1.807, 2.05) is 0 Å². The van der Waals surface area contributed by atoms with Crippen LogP contribution in [0.15, 0.2) is 41.6 Å². The van der Waals surface area contributed by atoms with Crippen molar-refractivity contribution in [3.63, 3.8) is 0 Å². The molecule has 5 heteroatoms. The summed E-state index contributed by atoms with van der Waals surface area (Å²) >= 11 is 5.70. The molecule has 3 atom stereocenters. The van der Waals surface area contributed by atoms with Crippen LogP contribution >= 0.6 is 12.2 Å². The number of hydrogen-bond donors (Lipinski definition) is 2. The fourth-order valence-electron chi connectivity index (χ4n) is 4.15. The molecule has 4 nitrogen and oxygen atoms in total. The zero-order valence-corrected chi connectivity index (χ0v) is 15.8. The Balaban J connectivity index is 1.72. The number of thiocarbonyl (C=S) groups is 1. The fourth-order valence-corrected chi connectivity index (χ4v) is 4.45. The van der Waals surface area contributed by atoms with Crippen LogP contribution in [0.25, 0.3) is 0 Å². The summed E-state index contributed by atoms with van der Waals surface area (Å²) in [7, 11) is 0. The molecule has 1 unspecified atom stereocenters. The standard InChI is InChI=1S/C20H26N2O2S/c1-20(2)11-17-16(13-24-20)19(25)21-18(14-7-4-3-5-8-14)22(17)12-15-9-6-10-23-15/h3-5,7-8,15,18H,6,9-13H2,1-2H3,(H,21,25)/p+1/t15-,18-/m0/s1. The number of hydrogen-bond acceptors (Lipinski definition) is 3. The van der Waals surface area contributed by atoms with Crippen LogP contribution in [0.4, 0.5) is 0 Å². The molecular formula is C20H27N2O2S+. The lowest BCUT2D eigenvalue weighted by molar-refractivity contribution is -0.903. The summed E-state index contributed by atoms with van der Waals surface area (Å²) in [4.78, 5) is 2.29. The van der Waals surface area contributed by atoms with Crippen molar-refractivity contribution in [1.82, 2.24) is 5.32 Å². The van der Waals surface area contributed by atoms with E-state index in [1.165, 1.54) is 28.2 Å². The molecule has 25 heavy (non-hydrogen) atoms. The number of nitrogens with one attached hydrogen (secondary N) is 2. The molecule has 1 aromatic carbocycles. The number of benzene rings is 1. The number of ether oxygens (including phenoxy) is 2. The molecule has 0 saturated carbocycles. The van der Waals surface area contributed by atoms with Crippen molar-refractivity contribution in [3.05, 3.63) is 47.2 Å². The molecule has 134 valence electrons. The molecule has 0 radical (unpaired) electrons. The topological polar surface area (TPSA) is 34.9 Å². The van der Waals surface area contributed by atoms with Crippen LogP contribution in [0.1, 0.15) is 44.8 Å². The van der Waals surface area contributed by atoms with Gasteiger partial charge in [-0.05, 0) is 26.7 Å². The van der Waals surface area contributed by atoms with Gasteiger partial charge in [-0.15, -0.1) is 0 Å². The maximum Gasteiger partial charge on any atom is 0.192 e. The van der Waals surface area contributed by atoms with E-state index >= 15 is 0 Å². The van der Waals surface area contributed by atoms with Gasteiger partial charge in [0.1, 0.15) is 23.3 Å². The zero-order valence-electron chi connectivity index (χ0n) is 15.0. The Morgan fingerprint density at radius 3 is 2.80 bits per heavy atom. The molecule has 0 spiro atoms. The van der Waals surface area contributed by atoms with E-state index in [-0.39, 0.29) is 11.8 Å². The van der Waals surface area contributed by atoms with Gasteiger partial charge in [0.25, 0.3) is 0 Å². The van der Waals surface area contributed by atoms with E-state index < -0.39 is 0 Å². The zero-order chi connectivity index (χ0) is 17.4. The third-order valence-electron chi connectivity index (χ3n) is 5.46. The normalized spacial score (nSPS) is 31.6. The minimum Gasteiger partial charge on any atom is -0.372 e. The second-order valence-corrected chi connectivity index (χ2v) is 8.27. The molecule has 0 amide bonds. The highest BCUT2D eigenvalue weighted by Gasteiger charge is 2.43. The molecule has 3 heterocycles. The fraction of sp³-hybridized carbons (Fsp3) is 0.550. The highest BCUT2D eigenvalue weighted by Crippen LogP contribution is 2.29. The van der Waals surface area contributed by atoms with Crippen LogP contribution in [-0.2, 0) is 9.47 Å². The Hall–Kier alpha value is -1.27. The van der Waals surface area contributed by atoms with E-state index in [1.54, 1.807) is 0 Å². The summed E-state index contributed by atoms with van der Waals surface area (Å²) < 4.78 is 12.0. The van der Waals surface area contributed by atoms with Crippen LogP contribution in [0.5, 0.6) is 0 Å². The Morgan fingerprint density at radius 2 is 2.08 bits per heavy atom. The molecule has 0 bridgehead atoms. The van der Waals surface area contributed by atoms with Gasteiger partial charge in [-0.3, -0.25) is 4.90 Å². The van der Waals surface area contributed by atoms with Crippen molar-refractivity contribution in [2.24, 2.45) is 0 Å². The van der Waals surface area contributed by atoms with Gasteiger partial charge >= 0.3 is 0 Å². The molecule has 1 saturated heterocycles. The van der Waals surface area contributed by atoms with E-state index in [2.05, 4.69) is 49.5 Å². The van der Waals surface area contributed by atoms with Crippen molar-refractivity contribution in [1.29, 1.82) is 0 Å². The van der Waals surface area contributed by atoms with Crippen molar-refractivity contribution < 1.29 is 14.4 Å². The minimum atomic E-state index is -0.144. The van der Waals surface area contributed by atoms with E-state index in [4.69, 9.17) is 21.7 Å². The lowest BCUT2D eigenvalue weighted by Crippen LogP contribution is -3.15. The molecule has 4 rings (SSSR count). The van der Waals surface area contributed by atoms with Gasteiger partial charge in [-0.1, -0.05) is 42.5 Å². The lowest BCUT2D eigenvalue weighted by Gasteiger charge is -2.43. The molecule has 3 aliphatic heterocycles. The maximum atomic E-state index is 6.03. The van der Waals surface area contributed by atoms with Gasteiger partial charge in [0.05, 0.1) is 24.2 Å². The predicted octanol–water partition coefficient (Wildman–Crippen LogP) is 2.13. The Morgan fingerprint density at radius 1 is 1.28 bits per heavy atom. The monoisotopic (exact) mass is 359 g/mol. The first-order valence-electron chi connectivity index (χ1n) is 9.23. The first-order valence-corrected chi connectivity index (χ1v) is 9.64. The van der Waals surface area contributed by atoms with Crippen LogP contribution in [-0.4, -0.2) is 36.5 Å². The molecule has 1 aromatic rings. The Labute approximate surface area is 155 Å². The van der Waals surface area contributed by atoms with Gasteiger partial charge in [0.2, 0.25) is 0 Å². The second kappa shape index (κ2) is 6.80. The number of rotatable bonds is 3. The van der Waals surface area contributed by atoms with E-state index in [0.29, 0.717) is 12.7 Å². The van der Waals surface area contributed by atoms with Crippen molar-refractivity contribution in [2.75, 3.05) is 19.8 Å². The maximum absolute atomic E-state index is 6.03. The summed E-state index contributed by atoms with van der Waals surface area (Å²) in [5.74, 6) is 0. The quantitative estimate of drug-likeness (QED) is 0.811. The van der Waals surface area contributed by atoms with Crippen LogP contribution in [0.3, 0.4) is 0 Å². The van der Waals surface area contributed by atoms with E-state index in [9.17, 15) is 0 Å². The molecular weight excluding hydrogens is 332 g/mol.